The molecule has 0 saturated carbocycles. The summed E-state index contributed by atoms with van der Waals surface area (Å²) in [4.78, 5) is 38.4. The van der Waals surface area contributed by atoms with Gasteiger partial charge in [-0.1, -0.05) is 43.6 Å². The first-order valence-electron chi connectivity index (χ1n) is 9.84. The van der Waals surface area contributed by atoms with Gasteiger partial charge in [0, 0.05) is 9.99 Å². The van der Waals surface area contributed by atoms with E-state index in [4.69, 9.17) is 26.4 Å². The predicted octanol–water partition coefficient (Wildman–Crippen LogP) is 4.55. The SMILES string of the molecule is CC(C)c1nn(-c2c(Cl)cccc2I)c2nc(Cc3ccc(OP(=O)(O)O)cc3)[nH]c(=O)c12. The Morgan fingerprint density at radius 2 is 1.91 bits per heavy atom. The van der Waals surface area contributed by atoms with Crippen molar-refractivity contribution in [2.75, 3.05) is 0 Å². The Labute approximate surface area is 207 Å². The number of aromatic nitrogens is 4. The maximum atomic E-state index is 13.0. The molecule has 0 bridgehead atoms. The van der Waals surface area contributed by atoms with Gasteiger partial charge < -0.3 is 9.51 Å². The highest BCUT2D eigenvalue weighted by atomic mass is 127. The summed E-state index contributed by atoms with van der Waals surface area (Å²) in [7, 11) is -4.63. The van der Waals surface area contributed by atoms with Crippen molar-refractivity contribution in [2.24, 2.45) is 0 Å². The predicted molar refractivity (Wildman–Crippen MR) is 133 cm³/mol. The van der Waals surface area contributed by atoms with Crippen LogP contribution in [0.1, 0.15) is 36.8 Å². The zero-order chi connectivity index (χ0) is 23.9. The first-order chi connectivity index (χ1) is 15.5. The minimum atomic E-state index is -4.63. The second-order valence-corrected chi connectivity index (χ2v) is 10.4. The Morgan fingerprint density at radius 3 is 2.52 bits per heavy atom. The molecule has 2 aromatic carbocycles. The number of hydrogen-bond donors (Lipinski definition) is 3. The normalized spacial score (nSPS) is 12.0. The maximum absolute atomic E-state index is 13.0. The number of rotatable bonds is 6. The average molecular weight is 601 g/mol. The summed E-state index contributed by atoms with van der Waals surface area (Å²) in [6.45, 7) is 3.91. The smallest absolute Gasteiger partial charge is 0.404 e. The van der Waals surface area contributed by atoms with E-state index in [0.29, 0.717) is 33.3 Å². The summed E-state index contributed by atoms with van der Waals surface area (Å²) in [5.41, 5.74) is 2.15. The molecule has 0 unspecified atom stereocenters. The van der Waals surface area contributed by atoms with Crippen LogP contribution < -0.4 is 10.1 Å². The largest absolute Gasteiger partial charge is 0.524 e. The van der Waals surface area contributed by atoms with Crippen molar-refractivity contribution in [3.05, 3.63) is 78.5 Å². The number of benzene rings is 2. The van der Waals surface area contributed by atoms with Crippen molar-refractivity contribution in [3.8, 4) is 11.4 Å². The van der Waals surface area contributed by atoms with Gasteiger partial charge in [-0.15, -0.1) is 0 Å². The van der Waals surface area contributed by atoms with Crippen LogP contribution >= 0.6 is 42.0 Å². The number of aromatic amines is 1. The number of fused-ring (bicyclic) bond motifs is 1. The monoisotopic (exact) mass is 600 g/mol. The molecule has 0 aliphatic carbocycles. The lowest BCUT2D eigenvalue weighted by Gasteiger charge is -2.09. The van der Waals surface area contributed by atoms with Crippen LogP contribution in [0.25, 0.3) is 16.7 Å². The molecule has 4 rings (SSSR count). The zero-order valence-electron chi connectivity index (χ0n) is 17.5. The van der Waals surface area contributed by atoms with Gasteiger partial charge in [0.05, 0.1) is 16.4 Å². The Kier molecular flexibility index (Phi) is 6.66. The number of para-hydroxylation sites is 1. The first-order valence-corrected chi connectivity index (χ1v) is 12.8. The van der Waals surface area contributed by atoms with Crippen LogP contribution in [-0.4, -0.2) is 29.5 Å². The highest BCUT2D eigenvalue weighted by molar-refractivity contribution is 14.1. The van der Waals surface area contributed by atoms with Gasteiger partial charge >= 0.3 is 7.82 Å². The Bertz CT molecular complexity index is 1430. The topological polar surface area (TPSA) is 130 Å². The lowest BCUT2D eigenvalue weighted by atomic mass is 10.1. The van der Waals surface area contributed by atoms with E-state index in [0.717, 1.165) is 9.13 Å². The van der Waals surface area contributed by atoms with Crippen molar-refractivity contribution in [3.63, 3.8) is 0 Å². The summed E-state index contributed by atoms with van der Waals surface area (Å²) >= 11 is 8.65. The average Bonchev–Trinajstić information content (AvgIpc) is 3.08. The van der Waals surface area contributed by atoms with Gasteiger partial charge in [-0.2, -0.15) is 5.10 Å². The fourth-order valence-corrected chi connectivity index (χ4v) is 4.97. The van der Waals surface area contributed by atoms with Crippen molar-refractivity contribution in [1.82, 2.24) is 19.7 Å². The maximum Gasteiger partial charge on any atom is 0.524 e. The molecule has 4 aromatic rings. The molecular formula is C21H19ClIN4O5P. The minimum absolute atomic E-state index is 0.00998. The number of nitrogens with one attached hydrogen (secondary N) is 1. The number of hydrogen-bond acceptors (Lipinski definition) is 5. The number of nitrogens with zero attached hydrogens (tertiary/aromatic N) is 3. The number of H-pyrrole nitrogens is 1. The third-order valence-corrected chi connectivity index (χ3v) is 6.45. The highest BCUT2D eigenvalue weighted by Crippen LogP contribution is 2.37. The molecule has 0 atom stereocenters. The van der Waals surface area contributed by atoms with E-state index in [1.54, 1.807) is 22.9 Å². The van der Waals surface area contributed by atoms with E-state index >= 15 is 0 Å². The molecule has 0 aliphatic rings. The molecule has 0 aliphatic heterocycles. The fourth-order valence-electron chi connectivity index (χ4n) is 3.43. The van der Waals surface area contributed by atoms with Gasteiger partial charge in [0.15, 0.2) is 5.65 Å². The molecule has 0 saturated heterocycles. The van der Waals surface area contributed by atoms with Crippen molar-refractivity contribution in [1.29, 1.82) is 0 Å². The van der Waals surface area contributed by atoms with Crippen molar-refractivity contribution < 1.29 is 18.9 Å². The molecule has 33 heavy (non-hydrogen) atoms. The van der Waals surface area contributed by atoms with Crippen LogP contribution in [0.3, 0.4) is 0 Å². The Hall–Kier alpha value is -2.24. The third-order valence-electron chi connectivity index (χ3n) is 4.83. The summed E-state index contributed by atoms with van der Waals surface area (Å²) in [5, 5.41) is 5.59. The Balaban J connectivity index is 1.81. The summed E-state index contributed by atoms with van der Waals surface area (Å²) in [6, 6.07) is 11.7. The van der Waals surface area contributed by atoms with Crippen LogP contribution in [0.15, 0.2) is 47.3 Å². The summed E-state index contributed by atoms with van der Waals surface area (Å²) in [5.74, 6) is 0.441. The summed E-state index contributed by atoms with van der Waals surface area (Å²) in [6.07, 6.45) is 0.281. The van der Waals surface area contributed by atoms with Crippen molar-refractivity contribution in [2.45, 2.75) is 26.2 Å². The van der Waals surface area contributed by atoms with Crippen LogP contribution in [-0.2, 0) is 11.0 Å². The molecule has 0 spiro atoms. The van der Waals surface area contributed by atoms with E-state index in [2.05, 4.69) is 37.2 Å². The molecule has 12 heteroatoms. The van der Waals surface area contributed by atoms with E-state index < -0.39 is 7.82 Å². The summed E-state index contributed by atoms with van der Waals surface area (Å²) < 4.78 is 18.0. The lowest BCUT2D eigenvalue weighted by molar-refractivity contribution is 0.283. The number of phosphoric ester groups is 1. The van der Waals surface area contributed by atoms with Gasteiger partial charge in [0.25, 0.3) is 5.56 Å². The van der Waals surface area contributed by atoms with E-state index in [9.17, 15) is 9.36 Å². The first kappa shape index (κ1) is 23.9. The number of phosphoric acid groups is 1. The molecule has 172 valence electrons. The Morgan fingerprint density at radius 1 is 1.21 bits per heavy atom. The fraction of sp³-hybridized carbons (Fsp3) is 0.190. The molecule has 2 aromatic heterocycles. The molecule has 0 fully saturated rings. The van der Waals surface area contributed by atoms with Gasteiger partial charge in [0.2, 0.25) is 0 Å². The molecule has 0 radical (unpaired) electrons. The van der Waals surface area contributed by atoms with Gasteiger partial charge in [-0.25, -0.2) is 14.2 Å². The van der Waals surface area contributed by atoms with E-state index in [1.807, 2.05) is 26.0 Å². The van der Waals surface area contributed by atoms with Crippen LogP contribution in [0, 0.1) is 3.57 Å². The lowest BCUT2D eigenvalue weighted by Crippen LogP contribution is -2.14. The number of halogens is 2. The second kappa shape index (κ2) is 9.19. The molecular weight excluding hydrogens is 582 g/mol. The van der Waals surface area contributed by atoms with Crippen LogP contribution in [0.4, 0.5) is 0 Å². The molecule has 2 heterocycles. The molecule has 9 nitrogen and oxygen atoms in total. The quantitative estimate of drug-likeness (QED) is 0.219. The minimum Gasteiger partial charge on any atom is -0.404 e. The van der Waals surface area contributed by atoms with Crippen molar-refractivity contribution >= 4 is 53.0 Å². The second-order valence-electron chi connectivity index (χ2n) is 7.64. The molecule has 0 amide bonds. The van der Waals surface area contributed by atoms with Gasteiger partial charge in [-0.3, -0.25) is 14.6 Å². The van der Waals surface area contributed by atoms with Gasteiger partial charge in [0.1, 0.15) is 17.0 Å². The highest BCUT2D eigenvalue weighted by Gasteiger charge is 2.22. The zero-order valence-corrected chi connectivity index (χ0v) is 21.3. The van der Waals surface area contributed by atoms with Crippen LogP contribution in [0.5, 0.6) is 5.75 Å². The third kappa shape index (κ3) is 5.15. The standard InChI is InChI=1S/C21H19ClIN4O5P/c1-11(2)18-17-20(27(26-18)19-14(22)4-3-5-15(19)23)24-16(25-21(17)28)10-12-6-8-13(9-7-12)32-33(29,30)31/h3-9,11H,10H2,1-2H3,(H,24,25,28)(H2,29,30,31). The van der Waals surface area contributed by atoms with Gasteiger partial charge in [-0.05, 0) is 58.3 Å². The molecule has 3 N–H and O–H groups in total. The van der Waals surface area contributed by atoms with Crippen LogP contribution in [0.2, 0.25) is 5.02 Å². The van der Waals surface area contributed by atoms with E-state index in [1.165, 1.54) is 12.1 Å². The van der Waals surface area contributed by atoms with E-state index in [-0.39, 0.29) is 23.6 Å².